The number of carbonyl (C=O) groups is 1. The second-order valence-corrected chi connectivity index (χ2v) is 5.04. The number of benzene rings is 1. The molecule has 0 aliphatic carbocycles. The first-order valence-electron chi connectivity index (χ1n) is 6.89. The molecule has 8 heteroatoms. The predicted octanol–water partition coefficient (Wildman–Crippen LogP) is 2.01. The maximum Gasteiger partial charge on any atom is 0.244 e. The van der Waals surface area contributed by atoms with Crippen molar-refractivity contribution in [2.24, 2.45) is 5.73 Å². The third-order valence-corrected chi connectivity index (χ3v) is 3.34. The summed E-state index contributed by atoms with van der Waals surface area (Å²) in [5, 5.41) is 0. The highest BCUT2D eigenvalue weighted by Crippen LogP contribution is 2.16. The Morgan fingerprint density at radius 1 is 1.29 bits per heavy atom. The summed E-state index contributed by atoms with van der Waals surface area (Å²) < 4.78 is 31.3. The van der Waals surface area contributed by atoms with Crippen molar-refractivity contribution in [3.63, 3.8) is 0 Å². The van der Waals surface area contributed by atoms with E-state index in [9.17, 15) is 13.6 Å². The molecule has 1 atom stereocenters. The monoisotopic (exact) mass is 355 g/mol. The highest BCUT2D eigenvalue weighted by atomic mass is 32.1. The van der Waals surface area contributed by atoms with Crippen LogP contribution in [-0.2, 0) is 11.2 Å². The van der Waals surface area contributed by atoms with Crippen molar-refractivity contribution in [2.75, 3.05) is 19.1 Å². The number of amides is 1. The maximum atomic E-state index is 13.2. The molecule has 2 N–H and O–H groups in total. The van der Waals surface area contributed by atoms with Crippen LogP contribution in [0.2, 0.25) is 0 Å². The molecule has 0 bridgehead atoms. The molecule has 24 heavy (non-hydrogen) atoms. The Hall–Kier alpha value is -2.19. The van der Waals surface area contributed by atoms with Gasteiger partial charge >= 0.3 is 0 Å². The van der Waals surface area contributed by atoms with Gasteiger partial charge in [-0.1, -0.05) is 0 Å². The van der Waals surface area contributed by atoms with Crippen LogP contribution in [0.4, 0.5) is 14.5 Å². The van der Waals surface area contributed by atoms with Gasteiger partial charge < -0.3 is 15.4 Å². The summed E-state index contributed by atoms with van der Waals surface area (Å²) in [7, 11) is 3.04. The van der Waals surface area contributed by atoms with E-state index in [2.05, 4.69) is 4.98 Å². The average molecular weight is 355 g/mol. The van der Waals surface area contributed by atoms with Gasteiger partial charge in [-0.25, -0.2) is 13.8 Å². The number of pyridine rings is 1. The lowest BCUT2D eigenvalue weighted by molar-refractivity contribution is -0.119. The molecular formula is C16H19F2N3O2S. The van der Waals surface area contributed by atoms with E-state index < -0.39 is 17.7 Å². The second kappa shape index (κ2) is 8.60. The largest absolute Gasteiger partial charge is 0.481 e. The summed E-state index contributed by atoms with van der Waals surface area (Å²) in [6.07, 6.45) is 1.51. The van der Waals surface area contributed by atoms with Crippen LogP contribution in [0.25, 0.3) is 0 Å². The molecule has 1 aromatic heterocycles. The van der Waals surface area contributed by atoms with Gasteiger partial charge in [-0.05, 0) is 30.2 Å². The number of rotatable bonds is 5. The molecule has 0 unspecified atom stereocenters. The average Bonchev–Trinajstić information content (AvgIpc) is 2.52. The first-order chi connectivity index (χ1) is 10.9. The predicted molar refractivity (Wildman–Crippen MR) is 92.6 cm³/mol. The summed E-state index contributed by atoms with van der Waals surface area (Å²) in [6, 6.07) is 5.44. The van der Waals surface area contributed by atoms with Crippen molar-refractivity contribution in [1.29, 1.82) is 0 Å². The molecule has 0 fully saturated rings. The number of hydrogen-bond acceptors (Lipinski definition) is 4. The zero-order valence-corrected chi connectivity index (χ0v) is 14.3. The Morgan fingerprint density at radius 3 is 2.42 bits per heavy atom. The number of aromatic nitrogens is 1. The minimum Gasteiger partial charge on any atom is -0.481 e. The van der Waals surface area contributed by atoms with Crippen LogP contribution in [0.15, 0.2) is 36.5 Å². The summed E-state index contributed by atoms with van der Waals surface area (Å²) in [5.74, 6) is -1.37. The van der Waals surface area contributed by atoms with Gasteiger partial charge in [-0.3, -0.25) is 4.79 Å². The molecule has 0 saturated heterocycles. The number of ether oxygens (including phenoxy) is 1. The Bertz CT molecular complexity index is 678. The SMILES string of the molecule is COc1ccc(N(C)C(=O)[C@@H](N)Cc2cc(F)cc(F)c2)cn1.S. The van der Waals surface area contributed by atoms with E-state index in [0.717, 1.165) is 18.2 Å². The highest BCUT2D eigenvalue weighted by molar-refractivity contribution is 7.59. The lowest BCUT2D eigenvalue weighted by Gasteiger charge is -2.21. The van der Waals surface area contributed by atoms with Crippen molar-refractivity contribution in [3.05, 3.63) is 53.7 Å². The van der Waals surface area contributed by atoms with Crippen LogP contribution < -0.4 is 15.4 Å². The van der Waals surface area contributed by atoms with Crippen LogP contribution >= 0.6 is 13.5 Å². The molecule has 0 spiro atoms. The van der Waals surface area contributed by atoms with E-state index in [-0.39, 0.29) is 25.8 Å². The van der Waals surface area contributed by atoms with Gasteiger partial charge in [0.2, 0.25) is 11.8 Å². The Balaban J connectivity index is 0.00000288. The van der Waals surface area contributed by atoms with E-state index in [1.807, 2.05) is 0 Å². The van der Waals surface area contributed by atoms with Crippen molar-refractivity contribution in [3.8, 4) is 5.88 Å². The number of anilines is 1. The summed E-state index contributed by atoms with van der Waals surface area (Å²) >= 11 is 0. The topological polar surface area (TPSA) is 68.5 Å². The first-order valence-corrected chi connectivity index (χ1v) is 6.89. The number of halogens is 2. The minimum atomic E-state index is -0.927. The number of methoxy groups -OCH3 is 1. The Labute approximate surface area is 145 Å². The number of likely N-dealkylation sites (N-methyl/N-ethyl adjacent to an activating group) is 1. The summed E-state index contributed by atoms with van der Waals surface area (Å²) in [4.78, 5) is 17.7. The number of carbonyl (C=O) groups excluding carboxylic acids is 1. The fraction of sp³-hybridized carbons (Fsp3) is 0.250. The van der Waals surface area contributed by atoms with E-state index in [0.29, 0.717) is 17.1 Å². The maximum absolute atomic E-state index is 13.2. The van der Waals surface area contributed by atoms with E-state index in [1.165, 1.54) is 18.2 Å². The van der Waals surface area contributed by atoms with Crippen molar-refractivity contribution >= 4 is 25.1 Å². The van der Waals surface area contributed by atoms with Crippen LogP contribution in [-0.4, -0.2) is 31.1 Å². The van der Waals surface area contributed by atoms with Crippen LogP contribution in [0.1, 0.15) is 5.56 Å². The molecule has 0 saturated carbocycles. The smallest absolute Gasteiger partial charge is 0.244 e. The third-order valence-electron chi connectivity index (χ3n) is 3.34. The molecule has 0 radical (unpaired) electrons. The molecule has 2 aromatic rings. The van der Waals surface area contributed by atoms with E-state index >= 15 is 0 Å². The number of hydrogen-bond donors (Lipinski definition) is 1. The third kappa shape index (κ3) is 4.90. The normalized spacial score (nSPS) is 11.4. The fourth-order valence-electron chi connectivity index (χ4n) is 2.14. The second-order valence-electron chi connectivity index (χ2n) is 5.04. The van der Waals surface area contributed by atoms with Gasteiger partial charge in [0.05, 0.1) is 25.0 Å². The van der Waals surface area contributed by atoms with Crippen molar-refractivity contribution < 1.29 is 18.3 Å². The molecule has 2 rings (SSSR count). The Kier molecular flexibility index (Phi) is 7.12. The molecule has 0 aliphatic rings. The molecule has 1 heterocycles. The van der Waals surface area contributed by atoms with Gasteiger partial charge in [-0.2, -0.15) is 13.5 Å². The quantitative estimate of drug-likeness (QED) is 0.891. The van der Waals surface area contributed by atoms with Crippen molar-refractivity contribution in [2.45, 2.75) is 12.5 Å². The summed E-state index contributed by atoms with van der Waals surface area (Å²) in [5.41, 5.74) is 6.72. The molecular weight excluding hydrogens is 336 g/mol. The zero-order valence-electron chi connectivity index (χ0n) is 13.3. The molecule has 0 aliphatic heterocycles. The highest BCUT2D eigenvalue weighted by Gasteiger charge is 2.20. The summed E-state index contributed by atoms with van der Waals surface area (Å²) in [6.45, 7) is 0. The fourth-order valence-corrected chi connectivity index (χ4v) is 2.14. The number of nitrogens with two attached hydrogens (primary N) is 1. The van der Waals surface area contributed by atoms with Crippen molar-refractivity contribution in [1.82, 2.24) is 4.98 Å². The van der Waals surface area contributed by atoms with Gasteiger partial charge in [0.1, 0.15) is 11.6 Å². The first kappa shape index (κ1) is 19.9. The lowest BCUT2D eigenvalue weighted by Crippen LogP contribution is -2.43. The van der Waals surface area contributed by atoms with Gasteiger partial charge in [0, 0.05) is 19.2 Å². The van der Waals surface area contributed by atoms with Gasteiger partial charge in [-0.15, -0.1) is 0 Å². The molecule has 130 valence electrons. The Morgan fingerprint density at radius 2 is 1.92 bits per heavy atom. The lowest BCUT2D eigenvalue weighted by atomic mass is 10.1. The van der Waals surface area contributed by atoms with Crippen LogP contribution in [0.5, 0.6) is 5.88 Å². The molecule has 1 aromatic carbocycles. The van der Waals surface area contributed by atoms with Crippen LogP contribution in [0.3, 0.4) is 0 Å². The van der Waals surface area contributed by atoms with Gasteiger partial charge in [0.25, 0.3) is 0 Å². The van der Waals surface area contributed by atoms with E-state index in [4.69, 9.17) is 10.5 Å². The molecule has 5 nitrogen and oxygen atoms in total. The minimum absolute atomic E-state index is 0. The molecule has 1 amide bonds. The van der Waals surface area contributed by atoms with Gasteiger partial charge in [0.15, 0.2) is 0 Å². The van der Waals surface area contributed by atoms with Crippen LogP contribution in [0, 0.1) is 11.6 Å². The van der Waals surface area contributed by atoms with E-state index in [1.54, 1.807) is 19.2 Å². The number of nitrogens with zero attached hydrogens (tertiary/aromatic N) is 2. The zero-order chi connectivity index (χ0) is 17.0. The standard InChI is InChI=1S/C16H17F2N3O2.H2S/c1-21(13-3-4-15(23-2)20-9-13)16(22)14(19)7-10-5-11(17)8-12(18)6-10;/h3-6,8-9,14H,7,19H2,1-2H3;1H2/t14-;/m0./s1.